The number of para-hydroxylation sites is 1. The van der Waals surface area contributed by atoms with E-state index in [0.29, 0.717) is 29.9 Å². The van der Waals surface area contributed by atoms with Crippen molar-refractivity contribution in [2.24, 2.45) is 0 Å². The van der Waals surface area contributed by atoms with Crippen LogP contribution < -0.4 is 19.1 Å². The van der Waals surface area contributed by atoms with Crippen molar-refractivity contribution in [2.45, 2.75) is 11.3 Å². The summed E-state index contributed by atoms with van der Waals surface area (Å²) in [5.41, 5.74) is 2.64. The maximum Gasteiger partial charge on any atom is 0.268 e. The van der Waals surface area contributed by atoms with Crippen molar-refractivity contribution in [2.75, 3.05) is 30.4 Å². The number of hydrogen-bond acceptors (Lipinski definition) is 6. The van der Waals surface area contributed by atoms with E-state index in [1.165, 1.54) is 42.9 Å². The van der Waals surface area contributed by atoms with Gasteiger partial charge < -0.3 is 14.8 Å². The molecule has 0 fully saturated rings. The molecule has 1 N–H and O–H groups in total. The highest BCUT2D eigenvalue weighted by Crippen LogP contribution is 2.40. The van der Waals surface area contributed by atoms with E-state index in [4.69, 9.17) is 9.47 Å². The lowest BCUT2D eigenvalue weighted by atomic mass is 10.2. The van der Waals surface area contributed by atoms with E-state index in [1.807, 2.05) is 18.2 Å². The Kier molecular flexibility index (Phi) is 6.32. The molecule has 0 bridgehead atoms. The lowest BCUT2D eigenvalue weighted by Crippen LogP contribution is -2.29. The van der Waals surface area contributed by atoms with Gasteiger partial charge in [-0.05, 0) is 54.0 Å². The van der Waals surface area contributed by atoms with Crippen LogP contribution in [0.4, 0.5) is 11.4 Å². The van der Waals surface area contributed by atoms with Gasteiger partial charge in [-0.3, -0.25) is 14.1 Å². The van der Waals surface area contributed by atoms with Gasteiger partial charge in [-0.2, -0.15) is 0 Å². The third-order valence-corrected chi connectivity index (χ3v) is 7.05. The number of hydrogen-bond donors (Lipinski definition) is 1. The molecule has 170 valence electrons. The van der Waals surface area contributed by atoms with Crippen LogP contribution in [0, 0.1) is 0 Å². The fourth-order valence-electron chi connectivity index (χ4n) is 3.71. The molecule has 0 atom stereocenters. The van der Waals surface area contributed by atoms with Gasteiger partial charge in [0.15, 0.2) is 11.5 Å². The van der Waals surface area contributed by atoms with Crippen LogP contribution in [0.1, 0.15) is 11.1 Å². The predicted molar refractivity (Wildman–Crippen MR) is 126 cm³/mol. The van der Waals surface area contributed by atoms with Gasteiger partial charge >= 0.3 is 0 Å². The fraction of sp³-hybridized carbons (Fsp3) is 0.167. The van der Waals surface area contributed by atoms with Gasteiger partial charge in [0.25, 0.3) is 10.0 Å². The molecule has 1 aromatic heterocycles. The number of aromatic nitrogens is 1. The van der Waals surface area contributed by atoms with Crippen molar-refractivity contribution in [3.63, 3.8) is 0 Å². The molecule has 0 unspecified atom stereocenters. The molecule has 2 aromatic carbocycles. The molecular weight excluding hydrogens is 442 g/mol. The molecule has 0 saturated heterocycles. The Balaban J connectivity index is 1.70. The van der Waals surface area contributed by atoms with Gasteiger partial charge in [-0.15, -0.1) is 0 Å². The molecule has 8 nitrogen and oxygen atoms in total. The van der Waals surface area contributed by atoms with Gasteiger partial charge in [-0.1, -0.05) is 18.2 Å². The Morgan fingerprint density at radius 2 is 1.94 bits per heavy atom. The zero-order chi connectivity index (χ0) is 23.4. The first-order chi connectivity index (χ1) is 15.9. The van der Waals surface area contributed by atoms with E-state index in [0.717, 1.165) is 5.56 Å². The molecular formula is C24H23N3O5S. The molecule has 3 aromatic rings. The molecule has 0 saturated carbocycles. The summed E-state index contributed by atoms with van der Waals surface area (Å²) in [6.45, 7) is 0.334. The quantitative estimate of drug-likeness (QED) is 0.537. The Bertz CT molecular complexity index is 1310. The van der Waals surface area contributed by atoms with Gasteiger partial charge in [0.1, 0.15) is 4.90 Å². The van der Waals surface area contributed by atoms with E-state index in [1.54, 1.807) is 30.5 Å². The largest absolute Gasteiger partial charge is 0.493 e. The Hall–Kier alpha value is -3.85. The van der Waals surface area contributed by atoms with Crippen LogP contribution in [-0.2, 0) is 21.2 Å². The van der Waals surface area contributed by atoms with Crippen LogP contribution in [0.15, 0.2) is 71.9 Å². The maximum absolute atomic E-state index is 13.7. The van der Waals surface area contributed by atoms with E-state index >= 15 is 0 Å². The molecule has 33 heavy (non-hydrogen) atoms. The van der Waals surface area contributed by atoms with Gasteiger partial charge in [0.05, 0.1) is 31.8 Å². The van der Waals surface area contributed by atoms with Crippen LogP contribution in [-0.4, -0.2) is 40.1 Å². The number of fused-ring (bicyclic) bond motifs is 1. The minimum Gasteiger partial charge on any atom is -0.493 e. The average molecular weight is 466 g/mol. The number of nitrogens with one attached hydrogen (secondary N) is 1. The smallest absolute Gasteiger partial charge is 0.268 e. The summed E-state index contributed by atoms with van der Waals surface area (Å²) >= 11 is 0. The number of benzene rings is 2. The Morgan fingerprint density at radius 1 is 1.12 bits per heavy atom. The molecule has 1 amide bonds. The van der Waals surface area contributed by atoms with E-state index in [2.05, 4.69) is 10.3 Å². The highest BCUT2D eigenvalue weighted by molar-refractivity contribution is 7.93. The standard InChI is InChI=1S/C24H23N3O5S/c1-31-21-14-17(9-10-23(28)26-19-7-5-12-25-16-19)15-22(24(21)32-2)33(29,30)27-13-11-18-6-3-4-8-20(18)27/h3-10,12,14-16H,11,13H2,1-2H3,(H,26,28)/b10-9+. The maximum atomic E-state index is 13.7. The first-order valence-electron chi connectivity index (χ1n) is 10.2. The number of carbonyl (C=O) groups excluding carboxylic acids is 1. The first-order valence-corrected chi connectivity index (χ1v) is 11.6. The molecule has 2 heterocycles. The molecule has 1 aliphatic rings. The van der Waals surface area contributed by atoms with Crippen LogP contribution in [0.2, 0.25) is 0 Å². The molecule has 9 heteroatoms. The number of anilines is 2. The highest BCUT2D eigenvalue weighted by Gasteiger charge is 2.34. The summed E-state index contributed by atoms with van der Waals surface area (Å²) < 4.78 is 39.5. The third kappa shape index (κ3) is 4.54. The average Bonchev–Trinajstić information content (AvgIpc) is 3.28. The Morgan fingerprint density at radius 3 is 2.67 bits per heavy atom. The third-order valence-electron chi connectivity index (χ3n) is 5.24. The zero-order valence-electron chi connectivity index (χ0n) is 18.2. The molecule has 0 radical (unpaired) electrons. The second-order valence-corrected chi connectivity index (χ2v) is 9.11. The van der Waals surface area contributed by atoms with Crippen molar-refractivity contribution in [1.82, 2.24) is 4.98 Å². The summed E-state index contributed by atoms with van der Waals surface area (Å²) in [6.07, 6.45) is 6.60. The molecule has 4 rings (SSSR count). The van der Waals surface area contributed by atoms with E-state index in [-0.39, 0.29) is 22.3 Å². The second kappa shape index (κ2) is 9.33. The number of amides is 1. The topological polar surface area (TPSA) is 97.8 Å². The van der Waals surface area contributed by atoms with Crippen molar-refractivity contribution in [3.8, 4) is 11.5 Å². The highest BCUT2D eigenvalue weighted by atomic mass is 32.2. The number of nitrogens with zero attached hydrogens (tertiary/aromatic N) is 2. The van der Waals surface area contributed by atoms with Crippen LogP contribution in [0.25, 0.3) is 6.08 Å². The number of rotatable bonds is 7. The summed E-state index contributed by atoms with van der Waals surface area (Å²) in [6, 6.07) is 13.9. The molecule has 0 spiro atoms. The molecule has 1 aliphatic heterocycles. The zero-order valence-corrected chi connectivity index (χ0v) is 19.0. The van der Waals surface area contributed by atoms with Crippen molar-refractivity contribution in [1.29, 1.82) is 0 Å². The van der Waals surface area contributed by atoms with Crippen molar-refractivity contribution < 1.29 is 22.7 Å². The van der Waals surface area contributed by atoms with Gasteiger partial charge in [0.2, 0.25) is 5.91 Å². The van der Waals surface area contributed by atoms with Crippen LogP contribution in [0.5, 0.6) is 11.5 Å². The van der Waals surface area contributed by atoms with Gasteiger partial charge in [0, 0.05) is 18.8 Å². The molecule has 0 aliphatic carbocycles. The van der Waals surface area contributed by atoms with Gasteiger partial charge in [-0.25, -0.2) is 8.42 Å². The van der Waals surface area contributed by atoms with Crippen LogP contribution in [0.3, 0.4) is 0 Å². The number of pyridine rings is 1. The summed E-state index contributed by atoms with van der Waals surface area (Å²) in [4.78, 5) is 16.2. The number of ether oxygens (including phenoxy) is 2. The normalized spacial score (nSPS) is 13.1. The lowest BCUT2D eigenvalue weighted by Gasteiger charge is -2.22. The minimum atomic E-state index is -3.95. The van der Waals surface area contributed by atoms with Crippen molar-refractivity contribution >= 4 is 33.4 Å². The first kappa shape index (κ1) is 22.3. The van der Waals surface area contributed by atoms with E-state index < -0.39 is 10.0 Å². The lowest BCUT2D eigenvalue weighted by molar-refractivity contribution is -0.111. The Labute approximate surface area is 192 Å². The van der Waals surface area contributed by atoms with E-state index in [9.17, 15) is 13.2 Å². The predicted octanol–water partition coefficient (Wildman–Crippen LogP) is 3.50. The minimum absolute atomic E-state index is 0.0339. The number of methoxy groups -OCH3 is 2. The number of carbonyl (C=O) groups is 1. The van der Waals surface area contributed by atoms with Crippen molar-refractivity contribution in [3.05, 3.63) is 78.1 Å². The fourth-order valence-corrected chi connectivity index (χ4v) is 5.42. The summed E-state index contributed by atoms with van der Waals surface area (Å²) in [7, 11) is -1.12. The SMILES string of the molecule is COc1cc(/C=C/C(=O)Nc2cccnc2)cc(S(=O)(=O)N2CCc3ccccc32)c1OC. The van der Waals surface area contributed by atoms with Crippen LogP contribution >= 0.6 is 0 Å². The second-order valence-electron chi connectivity index (χ2n) is 7.27. The summed E-state index contributed by atoms with van der Waals surface area (Å²) in [5, 5.41) is 2.69. The summed E-state index contributed by atoms with van der Waals surface area (Å²) in [5.74, 6) is -0.0205. The number of sulfonamides is 1. The monoisotopic (exact) mass is 465 g/mol.